The van der Waals surface area contributed by atoms with Crippen LogP contribution in [0, 0.1) is 12.3 Å². The lowest BCUT2D eigenvalue weighted by Crippen LogP contribution is -2.38. The molecule has 15 heavy (non-hydrogen) atoms. The number of aromatic nitrogens is 2. The molecule has 0 saturated carbocycles. The number of nitrogen functional groups attached to an aromatic ring is 1. The SMILES string of the molecule is CC(C)Cc1nc(N)cc(N2C[CH]C2)n1. The van der Waals surface area contributed by atoms with Crippen molar-refractivity contribution in [3.05, 3.63) is 18.3 Å². The number of hydrogen-bond acceptors (Lipinski definition) is 4. The molecule has 0 aromatic carbocycles. The lowest BCUT2D eigenvalue weighted by molar-refractivity contribution is 0.618. The molecule has 2 rings (SSSR count). The average Bonchev–Trinajstić information content (AvgIpc) is 1.96. The molecule has 1 aromatic rings. The van der Waals surface area contributed by atoms with E-state index in [1.54, 1.807) is 0 Å². The smallest absolute Gasteiger partial charge is 0.134 e. The van der Waals surface area contributed by atoms with Gasteiger partial charge in [-0.15, -0.1) is 0 Å². The van der Waals surface area contributed by atoms with Crippen LogP contribution in [0.5, 0.6) is 0 Å². The van der Waals surface area contributed by atoms with Crippen molar-refractivity contribution >= 4 is 11.6 Å². The third kappa shape index (κ3) is 2.37. The maximum atomic E-state index is 5.76. The summed E-state index contributed by atoms with van der Waals surface area (Å²) >= 11 is 0. The Balaban J connectivity index is 2.19. The highest BCUT2D eigenvalue weighted by molar-refractivity contribution is 5.49. The highest BCUT2D eigenvalue weighted by atomic mass is 15.2. The molecular weight excluding hydrogens is 188 g/mol. The van der Waals surface area contributed by atoms with Crippen LogP contribution in [0.3, 0.4) is 0 Å². The second-order valence-corrected chi connectivity index (χ2v) is 4.36. The van der Waals surface area contributed by atoms with E-state index in [0.29, 0.717) is 11.7 Å². The summed E-state index contributed by atoms with van der Waals surface area (Å²) in [6.45, 7) is 6.25. The van der Waals surface area contributed by atoms with E-state index >= 15 is 0 Å². The summed E-state index contributed by atoms with van der Waals surface area (Å²) in [4.78, 5) is 10.9. The molecule has 2 heterocycles. The van der Waals surface area contributed by atoms with Gasteiger partial charge in [-0.25, -0.2) is 9.97 Å². The van der Waals surface area contributed by atoms with Gasteiger partial charge in [0.1, 0.15) is 17.5 Å². The quantitative estimate of drug-likeness (QED) is 0.807. The molecule has 2 N–H and O–H groups in total. The Bertz CT molecular complexity index is 344. The van der Waals surface area contributed by atoms with Gasteiger partial charge in [-0.2, -0.15) is 0 Å². The predicted molar refractivity (Wildman–Crippen MR) is 61.5 cm³/mol. The zero-order valence-electron chi connectivity index (χ0n) is 9.27. The van der Waals surface area contributed by atoms with Gasteiger partial charge in [0.05, 0.1) is 0 Å². The van der Waals surface area contributed by atoms with Crippen LogP contribution in [-0.4, -0.2) is 23.1 Å². The van der Waals surface area contributed by atoms with Crippen LogP contribution >= 0.6 is 0 Å². The Morgan fingerprint density at radius 3 is 2.67 bits per heavy atom. The molecule has 1 saturated heterocycles. The summed E-state index contributed by atoms with van der Waals surface area (Å²) in [5, 5.41) is 0. The lowest BCUT2D eigenvalue weighted by atomic mass is 10.1. The second kappa shape index (κ2) is 4.04. The molecule has 1 aliphatic heterocycles. The normalized spacial score (nSPS) is 15.5. The van der Waals surface area contributed by atoms with Gasteiger partial charge < -0.3 is 10.6 Å². The maximum absolute atomic E-state index is 5.76. The number of rotatable bonds is 3. The van der Waals surface area contributed by atoms with Crippen LogP contribution in [0.4, 0.5) is 11.6 Å². The summed E-state index contributed by atoms with van der Waals surface area (Å²) < 4.78 is 0. The average molecular weight is 205 g/mol. The summed E-state index contributed by atoms with van der Waals surface area (Å²) in [5.74, 6) is 2.94. The molecule has 1 aromatic heterocycles. The van der Waals surface area contributed by atoms with Gasteiger partial charge in [-0.05, 0) is 5.92 Å². The van der Waals surface area contributed by atoms with Crippen LogP contribution in [-0.2, 0) is 6.42 Å². The van der Waals surface area contributed by atoms with E-state index in [2.05, 4.69) is 35.1 Å². The molecule has 1 radical (unpaired) electrons. The molecule has 81 valence electrons. The third-order valence-corrected chi connectivity index (χ3v) is 2.39. The van der Waals surface area contributed by atoms with Crippen molar-refractivity contribution in [1.29, 1.82) is 0 Å². The van der Waals surface area contributed by atoms with Gasteiger partial charge in [0, 0.05) is 32.0 Å². The second-order valence-electron chi connectivity index (χ2n) is 4.36. The van der Waals surface area contributed by atoms with Gasteiger partial charge in [0.15, 0.2) is 0 Å². The summed E-state index contributed by atoms with van der Waals surface area (Å²) in [6.07, 6.45) is 3.09. The van der Waals surface area contributed by atoms with Crippen LogP contribution in [0.25, 0.3) is 0 Å². The van der Waals surface area contributed by atoms with Gasteiger partial charge in [0.2, 0.25) is 0 Å². The zero-order chi connectivity index (χ0) is 10.8. The molecule has 1 fully saturated rings. The van der Waals surface area contributed by atoms with Crippen molar-refractivity contribution in [1.82, 2.24) is 9.97 Å². The first kappa shape index (κ1) is 10.2. The summed E-state index contributed by atoms with van der Waals surface area (Å²) in [7, 11) is 0. The van der Waals surface area contributed by atoms with E-state index in [0.717, 1.165) is 31.2 Å². The monoisotopic (exact) mass is 205 g/mol. The highest BCUT2D eigenvalue weighted by Crippen LogP contribution is 2.19. The van der Waals surface area contributed by atoms with Crippen molar-refractivity contribution in [2.75, 3.05) is 23.7 Å². The van der Waals surface area contributed by atoms with Crippen LogP contribution in [0.1, 0.15) is 19.7 Å². The first-order chi connectivity index (χ1) is 7.15. The molecule has 0 atom stereocenters. The number of anilines is 2. The minimum Gasteiger partial charge on any atom is -0.384 e. The van der Waals surface area contributed by atoms with E-state index in [1.807, 2.05) is 6.07 Å². The first-order valence-electron chi connectivity index (χ1n) is 5.35. The van der Waals surface area contributed by atoms with Crippen LogP contribution in [0.15, 0.2) is 6.07 Å². The van der Waals surface area contributed by atoms with Crippen molar-refractivity contribution in [3.63, 3.8) is 0 Å². The molecule has 0 unspecified atom stereocenters. The fourth-order valence-electron chi connectivity index (χ4n) is 1.57. The van der Waals surface area contributed by atoms with Gasteiger partial charge in [-0.1, -0.05) is 13.8 Å². The lowest BCUT2D eigenvalue weighted by Gasteiger charge is -2.31. The molecule has 4 nitrogen and oxygen atoms in total. The van der Waals surface area contributed by atoms with Crippen molar-refractivity contribution in [3.8, 4) is 0 Å². The molecule has 0 amide bonds. The number of nitrogens with zero attached hydrogens (tertiary/aromatic N) is 3. The minimum atomic E-state index is 0.558. The minimum absolute atomic E-state index is 0.558. The van der Waals surface area contributed by atoms with Gasteiger partial charge in [0.25, 0.3) is 0 Å². The van der Waals surface area contributed by atoms with Gasteiger partial charge in [-0.3, -0.25) is 0 Å². The first-order valence-corrected chi connectivity index (χ1v) is 5.35. The zero-order valence-corrected chi connectivity index (χ0v) is 9.27. The maximum Gasteiger partial charge on any atom is 0.134 e. The summed E-state index contributed by atoms with van der Waals surface area (Å²) in [6, 6.07) is 1.84. The largest absolute Gasteiger partial charge is 0.384 e. The van der Waals surface area contributed by atoms with E-state index in [9.17, 15) is 0 Å². The van der Waals surface area contributed by atoms with Crippen molar-refractivity contribution in [2.24, 2.45) is 5.92 Å². The Labute approximate surface area is 90.5 Å². The number of nitrogens with two attached hydrogens (primary N) is 1. The van der Waals surface area contributed by atoms with Crippen LogP contribution < -0.4 is 10.6 Å². The summed E-state index contributed by atoms with van der Waals surface area (Å²) in [5.41, 5.74) is 5.76. The molecule has 0 spiro atoms. The standard InChI is InChI=1S/C11H17N4/c1-8(2)6-10-13-9(12)7-11(14-10)15-4-3-5-15/h3,7-8H,4-6H2,1-2H3,(H2,12,13,14). The third-order valence-electron chi connectivity index (χ3n) is 2.39. The van der Waals surface area contributed by atoms with E-state index in [4.69, 9.17) is 5.73 Å². The van der Waals surface area contributed by atoms with Crippen molar-refractivity contribution in [2.45, 2.75) is 20.3 Å². The topological polar surface area (TPSA) is 55.0 Å². The van der Waals surface area contributed by atoms with Gasteiger partial charge >= 0.3 is 0 Å². The van der Waals surface area contributed by atoms with E-state index < -0.39 is 0 Å². The Morgan fingerprint density at radius 1 is 1.40 bits per heavy atom. The number of hydrogen-bond donors (Lipinski definition) is 1. The Hall–Kier alpha value is -1.32. The molecule has 0 bridgehead atoms. The molecule has 4 heteroatoms. The highest BCUT2D eigenvalue weighted by Gasteiger charge is 2.17. The molecule has 0 aliphatic carbocycles. The van der Waals surface area contributed by atoms with E-state index in [1.165, 1.54) is 0 Å². The van der Waals surface area contributed by atoms with Crippen LogP contribution in [0.2, 0.25) is 0 Å². The fraction of sp³-hybridized carbons (Fsp3) is 0.545. The molecular formula is C11H17N4. The fourth-order valence-corrected chi connectivity index (χ4v) is 1.57. The Kier molecular flexibility index (Phi) is 2.75. The predicted octanol–water partition coefficient (Wildman–Crippen LogP) is 1.28. The van der Waals surface area contributed by atoms with E-state index in [-0.39, 0.29) is 0 Å². The van der Waals surface area contributed by atoms with Crippen molar-refractivity contribution < 1.29 is 0 Å². The Morgan fingerprint density at radius 2 is 2.13 bits per heavy atom. The molecule has 1 aliphatic rings.